The van der Waals surface area contributed by atoms with Crippen LogP contribution in [-0.4, -0.2) is 20.3 Å². The van der Waals surface area contributed by atoms with Crippen LogP contribution < -0.4 is 20.1 Å². The van der Waals surface area contributed by atoms with Crippen molar-refractivity contribution in [1.82, 2.24) is 14.3 Å². The Bertz CT molecular complexity index is 2270. The molecule has 1 amide bonds. The van der Waals surface area contributed by atoms with Crippen LogP contribution in [-0.2, 0) is 4.79 Å². The molecule has 0 unspecified atom stereocenters. The molecule has 3 aromatic heterocycles. The lowest BCUT2D eigenvalue weighted by atomic mass is 10.1. The van der Waals surface area contributed by atoms with E-state index >= 15 is 0 Å². The van der Waals surface area contributed by atoms with E-state index in [0.717, 1.165) is 38.6 Å². The van der Waals surface area contributed by atoms with Crippen molar-refractivity contribution >= 4 is 57.5 Å². The Morgan fingerprint density at radius 2 is 1.71 bits per heavy atom. The third kappa shape index (κ3) is 5.79. The lowest BCUT2D eigenvalue weighted by Crippen LogP contribution is -2.32. The zero-order valence-corrected chi connectivity index (χ0v) is 26.9. The van der Waals surface area contributed by atoms with Gasteiger partial charge >= 0.3 is 0 Å². The molecule has 0 atom stereocenters. The highest BCUT2D eigenvalue weighted by atomic mass is 35.5. The summed E-state index contributed by atoms with van der Waals surface area (Å²) in [5.74, 6) is -0.604. The van der Waals surface area contributed by atoms with Gasteiger partial charge in [0.1, 0.15) is 16.4 Å². The van der Waals surface area contributed by atoms with Gasteiger partial charge in [0, 0.05) is 22.5 Å². The first-order chi connectivity index (χ1) is 21.8. The Balaban J connectivity index is 1.62. The van der Waals surface area contributed by atoms with Crippen molar-refractivity contribution in [2.75, 3.05) is 5.32 Å². The summed E-state index contributed by atoms with van der Waals surface area (Å²) in [6.07, 6.45) is 3.65. The number of carbonyl (C=O) groups is 1. The highest BCUT2D eigenvalue weighted by molar-refractivity contribution is 7.13. The molecule has 10 heteroatoms. The first-order valence-corrected chi connectivity index (χ1v) is 16.0. The number of thiophene rings is 1. The second kappa shape index (κ2) is 12.5. The number of hydrogen-bond acceptors (Lipinski definition) is 6. The number of amides is 1. The van der Waals surface area contributed by atoms with Crippen LogP contribution in [0.15, 0.2) is 95.2 Å². The van der Waals surface area contributed by atoms with E-state index in [9.17, 15) is 14.9 Å². The van der Waals surface area contributed by atoms with Crippen LogP contribution in [0, 0.1) is 32.1 Å². The molecule has 222 valence electrons. The van der Waals surface area contributed by atoms with E-state index in [4.69, 9.17) is 16.7 Å². The van der Waals surface area contributed by atoms with Crippen molar-refractivity contribution in [3.63, 3.8) is 0 Å². The van der Waals surface area contributed by atoms with E-state index in [0.29, 0.717) is 32.2 Å². The summed E-state index contributed by atoms with van der Waals surface area (Å²) in [4.78, 5) is 28.9. The lowest BCUT2D eigenvalue weighted by molar-refractivity contribution is -0.111. The molecule has 3 aromatic carbocycles. The molecule has 1 N–H and O–H groups in total. The molecule has 0 saturated heterocycles. The first-order valence-electron chi connectivity index (χ1n) is 14.0. The average molecular weight is 648 g/mol. The summed E-state index contributed by atoms with van der Waals surface area (Å²) in [7, 11) is 0. The van der Waals surface area contributed by atoms with Crippen LogP contribution in [0.5, 0.6) is 0 Å². The number of benzene rings is 3. The van der Waals surface area contributed by atoms with Crippen LogP contribution >= 0.6 is 34.3 Å². The molecule has 45 heavy (non-hydrogen) atoms. The molecule has 6 aromatic rings. The van der Waals surface area contributed by atoms with Crippen molar-refractivity contribution in [2.24, 2.45) is 0 Å². The van der Waals surface area contributed by atoms with E-state index in [-0.39, 0.29) is 15.8 Å². The van der Waals surface area contributed by atoms with E-state index in [1.54, 1.807) is 47.2 Å². The number of carbonyl (C=O) groups excluding carboxylic acids is 1. The van der Waals surface area contributed by atoms with Gasteiger partial charge in [0.2, 0.25) is 0 Å². The van der Waals surface area contributed by atoms with Crippen molar-refractivity contribution < 1.29 is 4.79 Å². The molecule has 0 spiro atoms. The number of para-hydroxylation sites is 2. The number of hydrogen-bond donors (Lipinski definition) is 1. The Kier molecular flexibility index (Phi) is 8.37. The molecule has 0 aliphatic carbocycles. The fourth-order valence-corrected chi connectivity index (χ4v) is 7.03. The summed E-state index contributed by atoms with van der Waals surface area (Å²) in [5.41, 5.74) is 5.23. The molecule has 0 aliphatic rings. The minimum Gasteiger partial charge on any atom is -0.321 e. The number of anilines is 1. The van der Waals surface area contributed by atoms with E-state index < -0.39 is 5.91 Å². The molecule has 6 rings (SSSR count). The van der Waals surface area contributed by atoms with Crippen LogP contribution in [0.3, 0.4) is 0 Å². The number of nitriles is 1. The molecule has 0 fully saturated rings. The maximum atomic E-state index is 14.3. The Morgan fingerprint density at radius 1 is 0.978 bits per heavy atom. The fraction of sp³-hybridized carbons (Fsp3) is 0.0857. The van der Waals surface area contributed by atoms with Gasteiger partial charge < -0.3 is 5.32 Å². The smallest absolute Gasteiger partial charge is 0.273 e. The lowest BCUT2D eigenvalue weighted by Gasteiger charge is -2.12. The standard InChI is InChI=1S/C35H26ClN5O2S2/c1-21-10-7-11-22(2)31(21)38-33(42)26(19-37)35-41(28-15-8-14-27(36)23(28)3)34(43)30(45-35)18-24-20-40(25-12-5-4-6-13-25)39-32(24)29-16-9-17-44-29/h4-18,20H,1-3H3,(H,38,42)/b30-18+,35-26-. The normalized spacial score (nSPS) is 12.2. The third-order valence-corrected chi connectivity index (χ3v) is 9.76. The maximum absolute atomic E-state index is 14.3. The molecule has 0 radical (unpaired) electrons. The van der Waals surface area contributed by atoms with Crippen LogP contribution in [0.4, 0.5) is 5.69 Å². The number of nitrogens with zero attached hydrogens (tertiary/aromatic N) is 4. The van der Waals surface area contributed by atoms with Gasteiger partial charge in [0.15, 0.2) is 5.57 Å². The minimum absolute atomic E-state index is 0.183. The number of nitrogens with one attached hydrogen (secondary N) is 1. The van der Waals surface area contributed by atoms with Gasteiger partial charge in [-0.05, 0) is 79.2 Å². The van der Waals surface area contributed by atoms with Crippen LogP contribution in [0.2, 0.25) is 5.02 Å². The zero-order chi connectivity index (χ0) is 31.7. The largest absolute Gasteiger partial charge is 0.321 e. The van der Waals surface area contributed by atoms with Gasteiger partial charge in [-0.3, -0.25) is 14.2 Å². The monoisotopic (exact) mass is 647 g/mol. The fourth-order valence-electron chi connectivity index (χ4n) is 5.04. The molecule has 0 saturated carbocycles. The summed E-state index contributed by atoms with van der Waals surface area (Å²) in [6, 6.07) is 26.6. The van der Waals surface area contributed by atoms with Crippen LogP contribution in [0.25, 0.3) is 33.6 Å². The molecular weight excluding hydrogens is 622 g/mol. The number of rotatable bonds is 6. The zero-order valence-electron chi connectivity index (χ0n) is 24.5. The predicted molar refractivity (Wildman–Crippen MR) is 183 cm³/mol. The topological polar surface area (TPSA) is 92.7 Å². The Hall–Kier alpha value is -5.01. The predicted octanol–water partition coefficient (Wildman–Crippen LogP) is 6.53. The number of aromatic nitrogens is 3. The van der Waals surface area contributed by atoms with Crippen molar-refractivity contribution in [3.8, 4) is 28.0 Å². The SMILES string of the molecule is Cc1cccc(C)c1NC(=O)/C(C#N)=c1\s/c(=C/c2cn(-c3ccccc3)nc2-c2cccs2)c(=O)n1-c1cccc(Cl)c1C. The first kappa shape index (κ1) is 30.0. The second-order valence-corrected chi connectivity index (χ2v) is 12.7. The summed E-state index contributed by atoms with van der Waals surface area (Å²) >= 11 is 9.11. The highest BCUT2D eigenvalue weighted by Gasteiger charge is 2.20. The van der Waals surface area contributed by atoms with Gasteiger partial charge in [-0.15, -0.1) is 22.7 Å². The molecule has 0 aliphatic heterocycles. The third-order valence-electron chi connectivity index (χ3n) is 7.38. The Labute approximate surface area is 272 Å². The molecule has 7 nitrogen and oxygen atoms in total. The maximum Gasteiger partial charge on any atom is 0.273 e. The van der Waals surface area contributed by atoms with Crippen LogP contribution in [0.1, 0.15) is 22.3 Å². The van der Waals surface area contributed by atoms with Gasteiger partial charge in [-0.25, -0.2) is 4.68 Å². The Morgan fingerprint density at radius 3 is 2.40 bits per heavy atom. The van der Waals surface area contributed by atoms with E-state index in [1.807, 2.05) is 86.1 Å². The summed E-state index contributed by atoms with van der Waals surface area (Å²) < 4.78 is 3.73. The number of aryl methyl sites for hydroxylation is 2. The van der Waals surface area contributed by atoms with Crippen molar-refractivity contribution in [3.05, 3.63) is 137 Å². The molecule has 0 bridgehead atoms. The number of halogens is 1. The summed E-state index contributed by atoms with van der Waals surface area (Å²) in [6.45, 7) is 5.58. The van der Waals surface area contributed by atoms with Gasteiger partial charge in [0.25, 0.3) is 11.5 Å². The van der Waals surface area contributed by atoms with Crippen molar-refractivity contribution in [2.45, 2.75) is 20.8 Å². The van der Waals surface area contributed by atoms with Gasteiger partial charge in [0.05, 0.1) is 20.8 Å². The van der Waals surface area contributed by atoms with Gasteiger partial charge in [-0.1, -0.05) is 60.1 Å². The van der Waals surface area contributed by atoms with Gasteiger partial charge in [-0.2, -0.15) is 10.4 Å². The van der Waals surface area contributed by atoms with Crippen molar-refractivity contribution in [1.29, 1.82) is 5.26 Å². The van der Waals surface area contributed by atoms with E-state index in [1.165, 1.54) is 4.57 Å². The molecular formula is C35H26ClN5O2S2. The number of thiazole rings is 1. The summed E-state index contributed by atoms with van der Waals surface area (Å²) in [5, 5.41) is 20.5. The van der Waals surface area contributed by atoms with E-state index in [2.05, 4.69) is 11.4 Å². The minimum atomic E-state index is -0.604. The highest BCUT2D eigenvalue weighted by Crippen LogP contribution is 2.28. The second-order valence-electron chi connectivity index (χ2n) is 10.3. The average Bonchev–Trinajstić information content (AvgIpc) is 3.78. The molecule has 3 heterocycles. The quantitative estimate of drug-likeness (QED) is 0.222.